The lowest BCUT2D eigenvalue weighted by atomic mass is 10.1. The normalized spacial score (nSPS) is 10.6. The first-order valence-corrected chi connectivity index (χ1v) is 10.1. The number of carbonyl (C=O) groups excluding carboxylic acids is 2. The van der Waals surface area contributed by atoms with Crippen LogP contribution in [0.4, 0.5) is 11.4 Å². The fraction of sp³-hybridized carbons (Fsp3) is 0.0800. The third-order valence-electron chi connectivity index (χ3n) is 5.07. The van der Waals surface area contributed by atoms with Crippen molar-refractivity contribution in [2.45, 2.75) is 6.54 Å². The predicted molar refractivity (Wildman–Crippen MR) is 125 cm³/mol. The minimum absolute atomic E-state index is 0.104. The van der Waals surface area contributed by atoms with Gasteiger partial charge in [0.1, 0.15) is 5.56 Å². The highest BCUT2D eigenvalue weighted by Crippen LogP contribution is 2.24. The second-order valence-electron chi connectivity index (χ2n) is 7.25. The summed E-state index contributed by atoms with van der Waals surface area (Å²) in [6.45, 7) is 0.169. The maximum Gasteiger partial charge on any atom is 0.349 e. The van der Waals surface area contributed by atoms with Gasteiger partial charge in [0.2, 0.25) is 0 Å². The van der Waals surface area contributed by atoms with E-state index in [1.165, 1.54) is 13.2 Å². The maximum atomic E-state index is 12.6. The van der Waals surface area contributed by atoms with Crippen molar-refractivity contribution in [3.63, 3.8) is 0 Å². The van der Waals surface area contributed by atoms with Crippen LogP contribution in [0, 0.1) is 0 Å². The Labute approximate surface area is 189 Å². The highest BCUT2D eigenvalue weighted by atomic mass is 16.5. The molecule has 1 aromatic heterocycles. The Morgan fingerprint density at radius 1 is 0.970 bits per heavy atom. The van der Waals surface area contributed by atoms with Crippen LogP contribution in [0.2, 0.25) is 0 Å². The number of rotatable bonds is 6. The summed E-state index contributed by atoms with van der Waals surface area (Å²) in [5.74, 6) is -0.446. The van der Waals surface area contributed by atoms with Crippen LogP contribution >= 0.6 is 0 Å². The van der Waals surface area contributed by atoms with Gasteiger partial charge in [0.25, 0.3) is 11.8 Å². The van der Waals surface area contributed by atoms with Crippen LogP contribution in [0.25, 0.3) is 11.0 Å². The molecule has 33 heavy (non-hydrogen) atoms. The first-order chi connectivity index (χ1) is 16.0. The maximum absolute atomic E-state index is 12.6. The van der Waals surface area contributed by atoms with Gasteiger partial charge in [0.05, 0.1) is 18.5 Å². The molecule has 0 bridgehead atoms. The summed E-state index contributed by atoms with van der Waals surface area (Å²) in [5, 5.41) is 6.03. The summed E-state index contributed by atoms with van der Waals surface area (Å²) >= 11 is 0. The molecule has 4 N–H and O–H groups in total. The van der Waals surface area contributed by atoms with Crippen molar-refractivity contribution < 1.29 is 18.7 Å². The molecule has 0 unspecified atom stereocenters. The van der Waals surface area contributed by atoms with E-state index in [4.69, 9.17) is 14.9 Å². The van der Waals surface area contributed by atoms with Crippen molar-refractivity contribution in [1.29, 1.82) is 0 Å². The van der Waals surface area contributed by atoms with Crippen LogP contribution in [0.1, 0.15) is 26.3 Å². The van der Waals surface area contributed by atoms with Crippen molar-refractivity contribution in [2.24, 2.45) is 0 Å². The van der Waals surface area contributed by atoms with Crippen LogP contribution in [-0.4, -0.2) is 18.9 Å². The first kappa shape index (κ1) is 21.6. The van der Waals surface area contributed by atoms with Crippen molar-refractivity contribution in [3.05, 3.63) is 99.9 Å². The number of nitrogen functional groups attached to an aromatic ring is 1. The molecule has 3 aromatic carbocycles. The summed E-state index contributed by atoms with van der Waals surface area (Å²) in [4.78, 5) is 37.3. The molecular formula is C25H21N3O5. The quantitative estimate of drug-likeness (QED) is 0.309. The van der Waals surface area contributed by atoms with Gasteiger partial charge in [0.15, 0.2) is 11.3 Å². The standard InChI is InChI=1S/C25H21N3O5/c1-32-21-8-4-5-17-13-18(25(31)33-22(17)21)24(30)27-14-15-9-11-16(12-10-15)23(29)28-20-7-3-2-6-19(20)26/h2-13H,14,26H2,1H3,(H,27,30)(H,28,29). The second-order valence-corrected chi connectivity index (χ2v) is 7.25. The topological polar surface area (TPSA) is 124 Å². The van der Waals surface area contributed by atoms with E-state index in [1.54, 1.807) is 66.7 Å². The third kappa shape index (κ3) is 4.69. The highest BCUT2D eigenvalue weighted by Gasteiger charge is 2.15. The summed E-state index contributed by atoms with van der Waals surface area (Å²) in [6, 6.07) is 20.3. The Balaban J connectivity index is 1.43. The summed E-state index contributed by atoms with van der Waals surface area (Å²) < 4.78 is 10.5. The summed E-state index contributed by atoms with van der Waals surface area (Å²) in [7, 11) is 1.47. The third-order valence-corrected chi connectivity index (χ3v) is 5.07. The van der Waals surface area contributed by atoms with Crippen LogP contribution in [0.15, 0.2) is 82.0 Å². The molecule has 4 rings (SSSR count). The molecule has 0 aliphatic heterocycles. The lowest BCUT2D eigenvalue weighted by Gasteiger charge is -2.09. The van der Waals surface area contributed by atoms with Crippen molar-refractivity contribution in [2.75, 3.05) is 18.2 Å². The molecule has 4 aromatic rings. The smallest absolute Gasteiger partial charge is 0.349 e. The molecule has 8 heteroatoms. The average Bonchev–Trinajstić information content (AvgIpc) is 2.83. The minimum atomic E-state index is -0.753. The SMILES string of the molecule is COc1cccc2cc(C(=O)NCc3ccc(C(=O)Nc4ccccc4N)cc3)c(=O)oc12. The number of para-hydroxylation sites is 3. The largest absolute Gasteiger partial charge is 0.493 e. The van der Waals surface area contributed by atoms with Crippen LogP contribution in [-0.2, 0) is 6.54 Å². The zero-order valence-corrected chi connectivity index (χ0v) is 17.8. The first-order valence-electron chi connectivity index (χ1n) is 10.1. The number of nitrogens with two attached hydrogens (primary N) is 1. The van der Waals surface area contributed by atoms with E-state index in [2.05, 4.69) is 10.6 Å². The van der Waals surface area contributed by atoms with Crippen LogP contribution < -0.4 is 26.7 Å². The van der Waals surface area contributed by atoms with Gasteiger partial charge in [-0.1, -0.05) is 36.4 Å². The lowest BCUT2D eigenvalue weighted by Crippen LogP contribution is -2.27. The van der Waals surface area contributed by atoms with E-state index in [0.29, 0.717) is 28.1 Å². The Kier molecular flexibility index (Phi) is 6.08. The fourth-order valence-corrected chi connectivity index (χ4v) is 3.29. The Hall–Kier alpha value is -4.59. The molecule has 0 spiro atoms. The van der Waals surface area contributed by atoms with E-state index in [-0.39, 0.29) is 23.6 Å². The molecule has 0 radical (unpaired) electrons. The molecule has 8 nitrogen and oxygen atoms in total. The number of hydrogen-bond acceptors (Lipinski definition) is 6. The van der Waals surface area contributed by atoms with E-state index < -0.39 is 11.5 Å². The molecule has 0 fully saturated rings. The van der Waals surface area contributed by atoms with Gasteiger partial charge in [-0.3, -0.25) is 9.59 Å². The molecular weight excluding hydrogens is 422 g/mol. The number of methoxy groups -OCH3 is 1. The second kappa shape index (κ2) is 9.27. The van der Waals surface area contributed by atoms with Crippen molar-refractivity contribution in [3.8, 4) is 5.75 Å². The Bertz CT molecular complexity index is 1390. The number of ether oxygens (including phenoxy) is 1. The highest BCUT2D eigenvalue weighted by molar-refractivity contribution is 6.05. The number of amides is 2. The zero-order valence-electron chi connectivity index (χ0n) is 17.8. The molecule has 1 heterocycles. The van der Waals surface area contributed by atoms with E-state index in [1.807, 2.05) is 0 Å². The molecule has 0 atom stereocenters. The van der Waals surface area contributed by atoms with E-state index in [9.17, 15) is 14.4 Å². The average molecular weight is 443 g/mol. The lowest BCUT2D eigenvalue weighted by molar-refractivity contribution is 0.0946. The van der Waals surface area contributed by atoms with Crippen molar-refractivity contribution in [1.82, 2.24) is 5.32 Å². The number of nitrogens with one attached hydrogen (secondary N) is 2. The summed E-state index contributed by atoms with van der Waals surface area (Å²) in [6.07, 6.45) is 0. The fourth-order valence-electron chi connectivity index (χ4n) is 3.29. The molecule has 166 valence electrons. The van der Waals surface area contributed by atoms with Crippen molar-refractivity contribution >= 4 is 34.2 Å². The number of benzene rings is 3. The number of fused-ring (bicyclic) bond motifs is 1. The number of anilines is 2. The monoisotopic (exact) mass is 443 g/mol. The predicted octanol–water partition coefficient (Wildman–Crippen LogP) is 3.57. The number of hydrogen-bond donors (Lipinski definition) is 3. The van der Waals surface area contributed by atoms with Gasteiger partial charge < -0.3 is 25.5 Å². The van der Waals surface area contributed by atoms with Gasteiger partial charge in [0, 0.05) is 17.5 Å². The molecule has 0 aliphatic rings. The zero-order chi connectivity index (χ0) is 23.4. The molecule has 0 saturated heterocycles. The van der Waals surface area contributed by atoms with Gasteiger partial charge in [-0.05, 0) is 42.0 Å². The molecule has 2 amide bonds. The molecule has 0 aliphatic carbocycles. The molecule has 0 saturated carbocycles. The Morgan fingerprint density at radius 3 is 2.45 bits per heavy atom. The van der Waals surface area contributed by atoms with Crippen LogP contribution in [0.5, 0.6) is 5.75 Å². The van der Waals surface area contributed by atoms with Gasteiger partial charge in [-0.15, -0.1) is 0 Å². The Morgan fingerprint density at radius 2 is 1.73 bits per heavy atom. The summed E-state index contributed by atoms with van der Waals surface area (Å²) in [5.41, 5.74) is 7.48. The van der Waals surface area contributed by atoms with E-state index >= 15 is 0 Å². The van der Waals surface area contributed by atoms with Gasteiger partial charge in [-0.2, -0.15) is 0 Å². The van der Waals surface area contributed by atoms with E-state index in [0.717, 1.165) is 5.56 Å². The van der Waals surface area contributed by atoms with Gasteiger partial charge >= 0.3 is 5.63 Å². The van der Waals surface area contributed by atoms with Gasteiger partial charge in [-0.25, -0.2) is 4.79 Å². The van der Waals surface area contributed by atoms with Crippen LogP contribution in [0.3, 0.4) is 0 Å². The number of carbonyl (C=O) groups is 2. The minimum Gasteiger partial charge on any atom is -0.493 e.